The van der Waals surface area contributed by atoms with E-state index in [0.717, 1.165) is 11.3 Å². The largest absolute Gasteiger partial charge is 0.447 e. The molecular weight excluding hydrogens is 171 g/mol. The molecule has 12 heavy (non-hydrogen) atoms. The predicted octanol–water partition coefficient (Wildman–Crippen LogP) is 2.96. The lowest BCUT2D eigenvalue weighted by molar-refractivity contribution is 0.400. The van der Waals surface area contributed by atoms with Gasteiger partial charge in [-0.1, -0.05) is 18.2 Å². The molecule has 3 heteroatoms. The molecule has 0 aliphatic rings. The molecule has 0 radical (unpaired) electrons. The average Bonchev–Trinajstić information content (AvgIpc) is 2.09. The third kappa shape index (κ3) is 2.47. The minimum absolute atomic E-state index is 0.771. The van der Waals surface area contributed by atoms with Gasteiger partial charge in [0.1, 0.15) is 5.75 Å². The Bertz CT molecular complexity index is 250. The second kappa shape index (κ2) is 4.44. The maximum Gasteiger partial charge on any atom is 0.226 e. The van der Waals surface area contributed by atoms with Gasteiger partial charge in [0.2, 0.25) is 8.38 Å². The number of rotatable bonds is 3. The van der Waals surface area contributed by atoms with Gasteiger partial charge in [0.25, 0.3) is 0 Å². The molecule has 1 rings (SSSR count). The molecule has 0 aromatic heterocycles. The molecule has 66 valence electrons. The van der Waals surface area contributed by atoms with Crippen LogP contribution in [-0.2, 0) is 4.52 Å². The monoisotopic (exact) mass is 184 g/mol. The fourth-order valence-corrected chi connectivity index (χ4v) is 1.39. The molecular formula is C9H13O2P. The average molecular weight is 184 g/mol. The van der Waals surface area contributed by atoms with Gasteiger partial charge in [-0.3, -0.25) is 0 Å². The highest BCUT2D eigenvalue weighted by Crippen LogP contribution is 2.35. The molecule has 0 aliphatic carbocycles. The second-order valence-electron chi connectivity index (χ2n) is 2.48. The Balaban J connectivity index is 2.69. The molecule has 0 spiro atoms. The first-order valence-corrected chi connectivity index (χ1v) is 5.38. The molecule has 0 amide bonds. The van der Waals surface area contributed by atoms with Gasteiger partial charge in [-0.05, 0) is 18.6 Å². The van der Waals surface area contributed by atoms with E-state index in [9.17, 15) is 0 Å². The van der Waals surface area contributed by atoms with Gasteiger partial charge in [-0.15, -0.1) is 0 Å². The van der Waals surface area contributed by atoms with E-state index in [1.807, 2.05) is 37.9 Å². The fourth-order valence-electron chi connectivity index (χ4n) is 0.835. The van der Waals surface area contributed by atoms with E-state index in [-0.39, 0.29) is 0 Å². The van der Waals surface area contributed by atoms with E-state index in [4.69, 9.17) is 9.05 Å². The van der Waals surface area contributed by atoms with Gasteiger partial charge in [0, 0.05) is 13.8 Å². The maximum atomic E-state index is 5.54. The lowest BCUT2D eigenvalue weighted by atomic mass is 10.2. The van der Waals surface area contributed by atoms with Crippen LogP contribution in [0.15, 0.2) is 24.3 Å². The SMILES string of the molecule is COP(C)Oc1ccccc1C. The standard InChI is InChI=1S/C9H13O2P/c1-8-6-4-5-7-9(8)11-12(3)10-2/h4-7H,1-3H3. The summed E-state index contributed by atoms with van der Waals surface area (Å²) in [4.78, 5) is 0. The fraction of sp³-hybridized carbons (Fsp3) is 0.333. The van der Waals surface area contributed by atoms with Crippen molar-refractivity contribution in [3.63, 3.8) is 0 Å². The number of benzene rings is 1. The van der Waals surface area contributed by atoms with Crippen molar-refractivity contribution in [3.05, 3.63) is 29.8 Å². The quantitative estimate of drug-likeness (QED) is 0.672. The van der Waals surface area contributed by atoms with E-state index in [1.165, 1.54) is 0 Å². The Morgan fingerprint density at radius 2 is 1.92 bits per heavy atom. The van der Waals surface area contributed by atoms with Crippen molar-refractivity contribution in [2.24, 2.45) is 0 Å². The smallest absolute Gasteiger partial charge is 0.226 e. The molecule has 1 unspecified atom stereocenters. The maximum absolute atomic E-state index is 5.54. The first-order chi connectivity index (χ1) is 5.74. The van der Waals surface area contributed by atoms with Gasteiger partial charge in [0.15, 0.2) is 0 Å². The minimum Gasteiger partial charge on any atom is -0.447 e. The van der Waals surface area contributed by atoms with E-state index in [1.54, 1.807) is 7.11 Å². The van der Waals surface area contributed by atoms with Crippen molar-refractivity contribution >= 4 is 8.38 Å². The van der Waals surface area contributed by atoms with Gasteiger partial charge < -0.3 is 9.05 Å². The van der Waals surface area contributed by atoms with E-state index in [0.29, 0.717) is 0 Å². The summed E-state index contributed by atoms with van der Waals surface area (Å²) in [6.07, 6.45) is 0. The van der Waals surface area contributed by atoms with Crippen molar-refractivity contribution in [2.75, 3.05) is 13.8 Å². The molecule has 1 aromatic rings. The highest BCUT2D eigenvalue weighted by Gasteiger charge is 2.03. The Kier molecular flexibility index (Phi) is 3.51. The third-order valence-electron chi connectivity index (χ3n) is 1.58. The summed E-state index contributed by atoms with van der Waals surface area (Å²) in [5.74, 6) is 0.910. The Hall–Kier alpha value is -0.590. The summed E-state index contributed by atoms with van der Waals surface area (Å²) in [6.45, 7) is 3.95. The number of hydrogen-bond acceptors (Lipinski definition) is 2. The van der Waals surface area contributed by atoms with Gasteiger partial charge in [-0.2, -0.15) is 0 Å². The van der Waals surface area contributed by atoms with E-state index in [2.05, 4.69) is 0 Å². The van der Waals surface area contributed by atoms with Crippen LogP contribution in [0.1, 0.15) is 5.56 Å². The zero-order valence-corrected chi connectivity index (χ0v) is 8.47. The van der Waals surface area contributed by atoms with E-state index >= 15 is 0 Å². The Labute approximate surface area is 74.4 Å². The van der Waals surface area contributed by atoms with Crippen molar-refractivity contribution in [2.45, 2.75) is 6.92 Å². The molecule has 1 aromatic carbocycles. The number of hydrogen-bond donors (Lipinski definition) is 0. The molecule has 0 saturated carbocycles. The molecule has 0 saturated heterocycles. The molecule has 0 aliphatic heterocycles. The molecule has 0 bridgehead atoms. The van der Waals surface area contributed by atoms with E-state index < -0.39 is 8.38 Å². The number of para-hydroxylation sites is 1. The third-order valence-corrected chi connectivity index (χ3v) is 2.55. The summed E-state index contributed by atoms with van der Waals surface area (Å²) in [6, 6.07) is 7.93. The zero-order valence-electron chi connectivity index (χ0n) is 7.57. The normalized spacial score (nSPS) is 12.6. The van der Waals surface area contributed by atoms with Gasteiger partial charge in [-0.25, -0.2) is 0 Å². The lowest BCUT2D eigenvalue weighted by Gasteiger charge is -2.12. The van der Waals surface area contributed by atoms with Crippen LogP contribution in [0.25, 0.3) is 0 Å². The van der Waals surface area contributed by atoms with Gasteiger partial charge >= 0.3 is 0 Å². The summed E-state index contributed by atoms with van der Waals surface area (Å²) in [7, 11) is 0.886. The Morgan fingerprint density at radius 1 is 1.25 bits per heavy atom. The molecule has 0 heterocycles. The van der Waals surface area contributed by atoms with Gasteiger partial charge in [0.05, 0.1) is 0 Å². The summed E-state index contributed by atoms with van der Waals surface area (Å²) >= 11 is 0. The van der Waals surface area contributed by atoms with Crippen LogP contribution < -0.4 is 4.52 Å². The first kappa shape index (κ1) is 9.50. The van der Waals surface area contributed by atoms with Crippen molar-refractivity contribution < 1.29 is 9.05 Å². The van der Waals surface area contributed by atoms with Crippen LogP contribution >= 0.6 is 8.38 Å². The molecule has 2 nitrogen and oxygen atoms in total. The first-order valence-electron chi connectivity index (χ1n) is 3.75. The van der Waals surface area contributed by atoms with Crippen LogP contribution in [0.5, 0.6) is 5.75 Å². The topological polar surface area (TPSA) is 18.5 Å². The summed E-state index contributed by atoms with van der Waals surface area (Å²) in [5.41, 5.74) is 1.14. The van der Waals surface area contributed by atoms with Crippen molar-refractivity contribution in [1.82, 2.24) is 0 Å². The van der Waals surface area contributed by atoms with Crippen LogP contribution in [0, 0.1) is 6.92 Å². The highest BCUT2D eigenvalue weighted by molar-refractivity contribution is 7.46. The molecule has 0 N–H and O–H groups in total. The predicted molar refractivity (Wildman–Crippen MR) is 51.7 cm³/mol. The van der Waals surface area contributed by atoms with Crippen LogP contribution in [-0.4, -0.2) is 13.8 Å². The molecule has 1 atom stereocenters. The van der Waals surface area contributed by atoms with Crippen LogP contribution in [0.4, 0.5) is 0 Å². The lowest BCUT2D eigenvalue weighted by Crippen LogP contribution is -1.89. The zero-order chi connectivity index (χ0) is 8.97. The van der Waals surface area contributed by atoms with Crippen LogP contribution in [0.3, 0.4) is 0 Å². The molecule has 0 fully saturated rings. The van der Waals surface area contributed by atoms with Crippen molar-refractivity contribution in [3.8, 4) is 5.75 Å². The summed E-state index contributed by atoms with van der Waals surface area (Å²) < 4.78 is 10.6. The van der Waals surface area contributed by atoms with Crippen LogP contribution in [0.2, 0.25) is 0 Å². The Morgan fingerprint density at radius 3 is 2.50 bits per heavy atom. The number of aryl methyl sites for hydroxylation is 1. The second-order valence-corrected chi connectivity index (χ2v) is 3.91. The highest BCUT2D eigenvalue weighted by atomic mass is 31.2. The minimum atomic E-state index is -0.771. The summed E-state index contributed by atoms with van der Waals surface area (Å²) in [5, 5.41) is 0. The van der Waals surface area contributed by atoms with Crippen molar-refractivity contribution in [1.29, 1.82) is 0 Å².